The molecule has 2 aromatic heterocycles. The first-order valence-electron chi connectivity index (χ1n) is 4.94. The molecule has 0 aliphatic heterocycles. The van der Waals surface area contributed by atoms with Gasteiger partial charge in [0.25, 0.3) is 0 Å². The number of pyridine rings is 1. The number of rotatable bonds is 2. The zero-order valence-corrected chi connectivity index (χ0v) is 9.62. The molecule has 1 unspecified atom stereocenters. The quantitative estimate of drug-likeness (QED) is 0.849. The minimum atomic E-state index is 0.336. The molecule has 0 amide bonds. The molecular formula is C11H14ClN3. The smallest absolute Gasteiger partial charge is 0.0884 e. The molecule has 0 fully saturated rings. The van der Waals surface area contributed by atoms with E-state index in [1.165, 1.54) is 5.69 Å². The maximum absolute atomic E-state index is 5.91. The Hall–Kier alpha value is -1.06. The molecule has 3 nitrogen and oxygen atoms in total. The third-order valence-corrected chi connectivity index (χ3v) is 2.96. The summed E-state index contributed by atoms with van der Waals surface area (Å²) >= 11 is 5.91. The van der Waals surface area contributed by atoms with Gasteiger partial charge in [-0.2, -0.15) is 0 Å². The molecule has 2 N–H and O–H groups in total. The molecule has 4 heteroatoms. The zero-order chi connectivity index (χ0) is 11.0. The van der Waals surface area contributed by atoms with Crippen molar-refractivity contribution in [3.63, 3.8) is 0 Å². The van der Waals surface area contributed by atoms with Crippen LogP contribution in [0.15, 0.2) is 18.3 Å². The van der Waals surface area contributed by atoms with E-state index in [0.717, 1.165) is 11.0 Å². The van der Waals surface area contributed by atoms with E-state index in [1.807, 2.05) is 13.1 Å². The summed E-state index contributed by atoms with van der Waals surface area (Å²) in [4.78, 5) is 4.29. The predicted octanol–water partition coefficient (Wildman–Crippen LogP) is 2.29. The number of nitrogens with two attached hydrogens (primary N) is 1. The number of aryl methyl sites for hydroxylation is 1. The Morgan fingerprint density at radius 3 is 2.93 bits per heavy atom. The van der Waals surface area contributed by atoms with Gasteiger partial charge in [0.05, 0.1) is 16.1 Å². The molecule has 0 aliphatic carbocycles. The van der Waals surface area contributed by atoms with Crippen LogP contribution in [0.1, 0.15) is 18.5 Å². The molecule has 2 heterocycles. The molecule has 2 rings (SSSR count). The summed E-state index contributed by atoms with van der Waals surface area (Å²) < 4.78 is 2.10. The number of aromatic nitrogens is 2. The number of nitrogens with zero attached hydrogens (tertiary/aromatic N) is 2. The Labute approximate surface area is 93.9 Å². The fourth-order valence-corrected chi connectivity index (χ4v) is 1.94. The molecule has 1 atom stereocenters. The molecule has 2 aromatic rings. The Morgan fingerprint density at radius 1 is 1.53 bits per heavy atom. The molecule has 0 aromatic carbocycles. The van der Waals surface area contributed by atoms with Gasteiger partial charge < -0.3 is 10.3 Å². The predicted molar refractivity (Wildman–Crippen MR) is 63.2 cm³/mol. The Balaban J connectivity index is 2.64. The van der Waals surface area contributed by atoms with Crippen LogP contribution >= 0.6 is 11.6 Å². The van der Waals surface area contributed by atoms with Gasteiger partial charge in [-0.25, -0.2) is 0 Å². The summed E-state index contributed by atoms with van der Waals surface area (Å²) in [6.07, 6.45) is 1.67. The molecular weight excluding hydrogens is 210 g/mol. The lowest BCUT2D eigenvalue weighted by Crippen LogP contribution is -2.11. The second-order valence-corrected chi connectivity index (χ2v) is 4.26. The monoisotopic (exact) mass is 223 g/mol. The van der Waals surface area contributed by atoms with Crippen LogP contribution in [0.25, 0.3) is 11.0 Å². The highest BCUT2D eigenvalue weighted by Crippen LogP contribution is 2.24. The van der Waals surface area contributed by atoms with Crippen molar-refractivity contribution in [3.05, 3.63) is 29.0 Å². The van der Waals surface area contributed by atoms with Crippen LogP contribution in [0.5, 0.6) is 0 Å². The molecule has 15 heavy (non-hydrogen) atoms. The molecule has 0 aliphatic rings. The Bertz CT molecular complexity index is 490. The van der Waals surface area contributed by atoms with Crippen molar-refractivity contribution in [2.75, 3.05) is 6.54 Å². The van der Waals surface area contributed by atoms with Crippen molar-refractivity contribution in [2.45, 2.75) is 12.8 Å². The van der Waals surface area contributed by atoms with Crippen LogP contribution in [0.4, 0.5) is 0 Å². The average molecular weight is 224 g/mol. The minimum absolute atomic E-state index is 0.336. The van der Waals surface area contributed by atoms with Gasteiger partial charge >= 0.3 is 0 Å². The van der Waals surface area contributed by atoms with Gasteiger partial charge in [0.2, 0.25) is 0 Å². The molecule has 80 valence electrons. The topological polar surface area (TPSA) is 43.8 Å². The van der Waals surface area contributed by atoms with E-state index >= 15 is 0 Å². The standard InChI is InChI=1S/C11H14ClN3/c1-7(5-13)10-4-9-11(15(10)2)3-8(12)6-14-9/h3-4,6-7H,5,13H2,1-2H3. The largest absolute Gasteiger partial charge is 0.346 e. The van der Waals surface area contributed by atoms with Crippen molar-refractivity contribution in [3.8, 4) is 0 Å². The van der Waals surface area contributed by atoms with Crippen molar-refractivity contribution in [1.82, 2.24) is 9.55 Å². The van der Waals surface area contributed by atoms with E-state index in [2.05, 4.69) is 22.5 Å². The average Bonchev–Trinajstić information content (AvgIpc) is 2.55. The van der Waals surface area contributed by atoms with Gasteiger partial charge in [0.15, 0.2) is 0 Å². The summed E-state index contributed by atoms with van der Waals surface area (Å²) in [5, 5.41) is 0.663. The second kappa shape index (κ2) is 3.83. The molecule has 0 spiro atoms. The highest BCUT2D eigenvalue weighted by molar-refractivity contribution is 6.31. The maximum Gasteiger partial charge on any atom is 0.0884 e. The van der Waals surface area contributed by atoms with E-state index in [1.54, 1.807) is 6.20 Å². The maximum atomic E-state index is 5.91. The van der Waals surface area contributed by atoms with Gasteiger partial charge in [-0.15, -0.1) is 0 Å². The third kappa shape index (κ3) is 1.73. The van der Waals surface area contributed by atoms with Crippen LogP contribution in [0.2, 0.25) is 5.02 Å². The van der Waals surface area contributed by atoms with Crippen molar-refractivity contribution in [1.29, 1.82) is 0 Å². The van der Waals surface area contributed by atoms with Gasteiger partial charge in [0, 0.05) is 31.4 Å². The van der Waals surface area contributed by atoms with Crippen LogP contribution in [0.3, 0.4) is 0 Å². The van der Waals surface area contributed by atoms with E-state index in [-0.39, 0.29) is 0 Å². The second-order valence-electron chi connectivity index (χ2n) is 3.82. The summed E-state index contributed by atoms with van der Waals surface area (Å²) in [6, 6.07) is 4.00. The van der Waals surface area contributed by atoms with E-state index < -0.39 is 0 Å². The van der Waals surface area contributed by atoms with Crippen LogP contribution in [-0.4, -0.2) is 16.1 Å². The normalized spacial score (nSPS) is 13.3. The zero-order valence-electron chi connectivity index (χ0n) is 8.87. The first kappa shape index (κ1) is 10.5. The van der Waals surface area contributed by atoms with Crippen LogP contribution in [-0.2, 0) is 7.05 Å². The molecule has 0 bridgehead atoms. The summed E-state index contributed by atoms with van der Waals surface area (Å²) in [5.41, 5.74) is 8.88. The number of hydrogen-bond donors (Lipinski definition) is 1. The first-order chi connectivity index (χ1) is 7.13. The first-order valence-corrected chi connectivity index (χ1v) is 5.32. The SMILES string of the molecule is CC(CN)c1cc2ncc(Cl)cc2n1C. The van der Waals surface area contributed by atoms with E-state index in [9.17, 15) is 0 Å². The Kier molecular flexibility index (Phi) is 2.67. The molecule has 0 saturated heterocycles. The van der Waals surface area contributed by atoms with Gasteiger partial charge in [-0.3, -0.25) is 4.98 Å². The third-order valence-electron chi connectivity index (χ3n) is 2.76. The van der Waals surface area contributed by atoms with Crippen molar-refractivity contribution in [2.24, 2.45) is 12.8 Å². The van der Waals surface area contributed by atoms with Gasteiger partial charge in [-0.05, 0) is 12.1 Å². The Morgan fingerprint density at radius 2 is 2.27 bits per heavy atom. The highest BCUT2D eigenvalue weighted by Gasteiger charge is 2.11. The number of halogens is 1. The lowest BCUT2D eigenvalue weighted by atomic mass is 10.1. The fraction of sp³-hybridized carbons (Fsp3) is 0.364. The van der Waals surface area contributed by atoms with Crippen LogP contribution < -0.4 is 5.73 Å². The number of fused-ring (bicyclic) bond motifs is 1. The number of hydrogen-bond acceptors (Lipinski definition) is 2. The fourth-order valence-electron chi connectivity index (χ4n) is 1.79. The summed E-state index contributed by atoms with van der Waals surface area (Å²) in [5.74, 6) is 0.336. The van der Waals surface area contributed by atoms with Gasteiger partial charge in [-0.1, -0.05) is 18.5 Å². The van der Waals surface area contributed by atoms with Gasteiger partial charge in [0.1, 0.15) is 0 Å². The summed E-state index contributed by atoms with van der Waals surface area (Å²) in [7, 11) is 2.02. The highest BCUT2D eigenvalue weighted by atomic mass is 35.5. The van der Waals surface area contributed by atoms with E-state index in [0.29, 0.717) is 17.5 Å². The molecule has 0 radical (unpaired) electrons. The molecule has 0 saturated carbocycles. The van der Waals surface area contributed by atoms with Crippen molar-refractivity contribution >= 4 is 22.6 Å². The minimum Gasteiger partial charge on any atom is -0.346 e. The van der Waals surface area contributed by atoms with Crippen molar-refractivity contribution < 1.29 is 0 Å². The van der Waals surface area contributed by atoms with E-state index in [4.69, 9.17) is 17.3 Å². The van der Waals surface area contributed by atoms with Crippen LogP contribution in [0, 0.1) is 0 Å². The lowest BCUT2D eigenvalue weighted by molar-refractivity contribution is 0.703. The lowest BCUT2D eigenvalue weighted by Gasteiger charge is -2.09. The summed E-state index contributed by atoms with van der Waals surface area (Å²) in [6.45, 7) is 2.74.